The first kappa shape index (κ1) is 14.7. The largest absolute Gasteiger partial charge is 0.356 e. The molecular weight excluding hydrogens is 328 g/mol. The second-order valence-corrected chi connectivity index (χ2v) is 5.65. The van der Waals surface area contributed by atoms with Gasteiger partial charge >= 0.3 is 0 Å². The molecule has 8 heteroatoms. The molecule has 1 aromatic heterocycles. The Balaban J connectivity index is 2.03. The summed E-state index contributed by atoms with van der Waals surface area (Å²) >= 11 is 3.33. The molecule has 2 rings (SSSR count). The van der Waals surface area contributed by atoms with Crippen LogP contribution in [0.2, 0.25) is 0 Å². The minimum atomic E-state index is -0.467. The van der Waals surface area contributed by atoms with Crippen LogP contribution < -0.4 is 10.2 Å². The topological polar surface area (TPSA) is 88.4 Å². The molecule has 0 aliphatic carbocycles. The van der Waals surface area contributed by atoms with Gasteiger partial charge in [-0.2, -0.15) is 0 Å². The summed E-state index contributed by atoms with van der Waals surface area (Å²) in [7, 11) is 0. The first-order chi connectivity index (χ1) is 9.47. The van der Waals surface area contributed by atoms with Gasteiger partial charge in [0.05, 0.1) is 9.40 Å². The maximum Gasteiger partial charge on any atom is 0.288 e. The van der Waals surface area contributed by atoms with Crippen LogP contribution in [0.4, 0.5) is 11.5 Å². The van der Waals surface area contributed by atoms with E-state index in [1.54, 1.807) is 0 Å². The van der Waals surface area contributed by atoms with E-state index < -0.39 is 4.92 Å². The van der Waals surface area contributed by atoms with Gasteiger partial charge in [0.1, 0.15) is 12.0 Å². The zero-order chi connectivity index (χ0) is 14.7. The van der Waals surface area contributed by atoms with Gasteiger partial charge in [0, 0.05) is 32.6 Å². The maximum absolute atomic E-state index is 10.9. The average molecular weight is 343 g/mol. The highest BCUT2D eigenvalue weighted by atomic mass is 79.9. The Labute approximate surface area is 124 Å². The molecule has 0 radical (unpaired) electrons. The molecule has 0 bridgehead atoms. The van der Waals surface area contributed by atoms with E-state index in [-0.39, 0.29) is 11.6 Å². The summed E-state index contributed by atoms with van der Waals surface area (Å²) < 4.78 is 0.617. The van der Waals surface area contributed by atoms with Crippen LogP contribution in [0.3, 0.4) is 0 Å². The first-order valence-electron chi connectivity index (χ1n) is 6.26. The standard InChI is InChI=1S/C12H15BrN4O3/c1-8(18)14-5-9-2-3-16(7-9)12-11(13)4-10(6-15-12)17(19)20/h4,6,9H,2-3,5,7H2,1H3,(H,14,18)/t9-/m1/s1. The van der Waals surface area contributed by atoms with Crippen molar-refractivity contribution in [1.29, 1.82) is 0 Å². The molecule has 7 nitrogen and oxygen atoms in total. The second kappa shape index (κ2) is 6.17. The number of pyridine rings is 1. The maximum atomic E-state index is 10.9. The van der Waals surface area contributed by atoms with E-state index in [9.17, 15) is 14.9 Å². The fourth-order valence-electron chi connectivity index (χ4n) is 2.23. The lowest BCUT2D eigenvalue weighted by Gasteiger charge is -2.18. The van der Waals surface area contributed by atoms with Crippen LogP contribution in [0.1, 0.15) is 13.3 Å². The van der Waals surface area contributed by atoms with Gasteiger partial charge in [0.2, 0.25) is 5.91 Å². The van der Waals surface area contributed by atoms with Crippen LogP contribution >= 0.6 is 15.9 Å². The number of halogens is 1. The van der Waals surface area contributed by atoms with Crippen molar-refractivity contribution in [2.24, 2.45) is 5.92 Å². The Morgan fingerprint density at radius 2 is 2.45 bits per heavy atom. The second-order valence-electron chi connectivity index (χ2n) is 4.79. The summed E-state index contributed by atoms with van der Waals surface area (Å²) in [4.78, 5) is 27.3. The quantitative estimate of drug-likeness (QED) is 0.664. The summed E-state index contributed by atoms with van der Waals surface area (Å²) in [5, 5.41) is 13.5. The molecule has 108 valence electrons. The van der Waals surface area contributed by atoms with Crippen LogP contribution in [0.5, 0.6) is 0 Å². The summed E-state index contributed by atoms with van der Waals surface area (Å²) in [6, 6.07) is 1.46. The van der Waals surface area contributed by atoms with Crippen LogP contribution in [0.25, 0.3) is 0 Å². The summed E-state index contributed by atoms with van der Waals surface area (Å²) in [5.74, 6) is 1.06. The number of amides is 1. The number of hydrogen-bond acceptors (Lipinski definition) is 5. The SMILES string of the molecule is CC(=O)NC[C@H]1CCN(c2ncc([N+](=O)[O-])cc2Br)C1. The number of aromatic nitrogens is 1. The number of nitro groups is 1. The van der Waals surface area contributed by atoms with Crippen LogP contribution in [0, 0.1) is 16.0 Å². The minimum Gasteiger partial charge on any atom is -0.356 e. The molecule has 1 saturated heterocycles. The van der Waals surface area contributed by atoms with Crippen molar-refractivity contribution in [3.05, 3.63) is 26.9 Å². The Kier molecular flexibility index (Phi) is 4.53. The van der Waals surface area contributed by atoms with Crippen LogP contribution in [0.15, 0.2) is 16.7 Å². The van der Waals surface area contributed by atoms with Crippen LogP contribution in [-0.2, 0) is 4.79 Å². The third-order valence-corrected chi connectivity index (χ3v) is 3.83. The number of rotatable bonds is 4. The van der Waals surface area contributed by atoms with Crippen molar-refractivity contribution in [2.75, 3.05) is 24.5 Å². The normalized spacial score (nSPS) is 18.1. The molecule has 0 unspecified atom stereocenters. The van der Waals surface area contributed by atoms with Crippen LogP contribution in [-0.4, -0.2) is 35.4 Å². The molecular formula is C12H15BrN4O3. The van der Waals surface area contributed by atoms with Crippen molar-refractivity contribution in [1.82, 2.24) is 10.3 Å². The van der Waals surface area contributed by atoms with Gasteiger partial charge in [-0.3, -0.25) is 14.9 Å². The third kappa shape index (κ3) is 3.44. The van der Waals surface area contributed by atoms with E-state index in [2.05, 4.69) is 31.1 Å². The summed E-state index contributed by atoms with van der Waals surface area (Å²) in [6.07, 6.45) is 2.23. The molecule has 1 N–H and O–H groups in total. The molecule has 1 aliphatic rings. The molecule has 1 atom stereocenters. The molecule has 1 fully saturated rings. The van der Waals surface area contributed by atoms with Gasteiger partial charge in [0.15, 0.2) is 0 Å². The molecule has 1 aliphatic heterocycles. The lowest BCUT2D eigenvalue weighted by atomic mass is 10.1. The van der Waals surface area contributed by atoms with Gasteiger partial charge in [-0.25, -0.2) is 4.98 Å². The van der Waals surface area contributed by atoms with E-state index in [1.807, 2.05) is 0 Å². The number of nitrogens with zero attached hydrogens (tertiary/aromatic N) is 3. The fourth-order valence-corrected chi connectivity index (χ4v) is 2.82. The lowest BCUT2D eigenvalue weighted by molar-refractivity contribution is -0.385. The van der Waals surface area contributed by atoms with E-state index >= 15 is 0 Å². The van der Waals surface area contributed by atoms with E-state index in [0.717, 1.165) is 19.5 Å². The molecule has 2 heterocycles. The van der Waals surface area contributed by atoms with Crippen molar-refractivity contribution in [3.63, 3.8) is 0 Å². The molecule has 1 aromatic rings. The number of hydrogen-bond donors (Lipinski definition) is 1. The van der Waals surface area contributed by atoms with Crippen molar-refractivity contribution >= 4 is 33.3 Å². The Morgan fingerprint density at radius 1 is 1.70 bits per heavy atom. The highest BCUT2D eigenvalue weighted by molar-refractivity contribution is 9.10. The molecule has 20 heavy (non-hydrogen) atoms. The van der Waals surface area contributed by atoms with Gasteiger partial charge in [-0.1, -0.05) is 0 Å². The molecule has 0 spiro atoms. The zero-order valence-electron chi connectivity index (χ0n) is 11.0. The van der Waals surface area contributed by atoms with Crippen molar-refractivity contribution in [2.45, 2.75) is 13.3 Å². The Bertz CT molecular complexity index is 537. The smallest absolute Gasteiger partial charge is 0.288 e. The number of carbonyl (C=O) groups is 1. The van der Waals surface area contributed by atoms with E-state index in [0.29, 0.717) is 22.8 Å². The summed E-state index contributed by atoms with van der Waals surface area (Å²) in [6.45, 7) is 3.76. The number of carbonyl (C=O) groups excluding carboxylic acids is 1. The molecule has 1 amide bonds. The predicted molar refractivity (Wildman–Crippen MR) is 77.6 cm³/mol. The minimum absolute atomic E-state index is 0.0295. The highest BCUT2D eigenvalue weighted by Crippen LogP contribution is 2.30. The van der Waals surface area contributed by atoms with Gasteiger partial charge in [-0.05, 0) is 28.3 Å². The highest BCUT2D eigenvalue weighted by Gasteiger charge is 2.25. The number of nitrogens with one attached hydrogen (secondary N) is 1. The average Bonchev–Trinajstić information content (AvgIpc) is 2.84. The first-order valence-corrected chi connectivity index (χ1v) is 7.06. The Hall–Kier alpha value is -1.70. The zero-order valence-corrected chi connectivity index (χ0v) is 12.6. The number of anilines is 1. The monoisotopic (exact) mass is 342 g/mol. The van der Waals surface area contributed by atoms with E-state index in [1.165, 1.54) is 19.2 Å². The van der Waals surface area contributed by atoms with Gasteiger partial charge in [0.25, 0.3) is 5.69 Å². The van der Waals surface area contributed by atoms with Crippen molar-refractivity contribution in [3.8, 4) is 0 Å². The Morgan fingerprint density at radius 3 is 3.05 bits per heavy atom. The molecule has 0 saturated carbocycles. The fraction of sp³-hybridized carbons (Fsp3) is 0.500. The third-order valence-electron chi connectivity index (χ3n) is 3.24. The molecule has 0 aromatic carbocycles. The lowest BCUT2D eigenvalue weighted by Crippen LogP contribution is -2.29. The van der Waals surface area contributed by atoms with Gasteiger partial charge < -0.3 is 10.2 Å². The van der Waals surface area contributed by atoms with Gasteiger partial charge in [-0.15, -0.1) is 0 Å². The van der Waals surface area contributed by atoms with E-state index in [4.69, 9.17) is 0 Å². The predicted octanol–water partition coefficient (Wildman–Crippen LogP) is 1.71. The summed E-state index contributed by atoms with van der Waals surface area (Å²) in [5.41, 5.74) is -0.0328. The van der Waals surface area contributed by atoms with Crippen molar-refractivity contribution < 1.29 is 9.72 Å².